The molecule has 6 heteroatoms. The highest BCUT2D eigenvalue weighted by atomic mass is 32.1. The number of furan rings is 1. The minimum atomic E-state index is -0.789. The van der Waals surface area contributed by atoms with E-state index in [4.69, 9.17) is 9.15 Å². The molecule has 1 amide bonds. The number of hydrogen-bond donors (Lipinski definition) is 2. The molecule has 0 aliphatic heterocycles. The van der Waals surface area contributed by atoms with Crippen LogP contribution in [0.3, 0.4) is 0 Å². The van der Waals surface area contributed by atoms with E-state index in [-0.39, 0.29) is 5.91 Å². The van der Waals surface area contributed by atoms with Crippen LogP contribution in [-0.4, -0.2) is 17.6 Å². The molecular formula is C19H19NO4S. The van der Waals surface area contributed by atoms with Gasteiger partial charge >= 0.3 is 0 Å². The molecule has 0 aliphatic carbocycles. The standard InChI is InChI=1S/C19H19NO4S/c1-2-23-15-7-4-3-6-14(15)19(22)20-12-13-9-10-17(25-13)18(21)16-8-5-11-24-16/h3-11,18,21H,2,12H2,1H3,(H,20,22). The molecule has 0 radical (unpaired) electrons. The third-order valence-electron chi connectivity index (χ3n) is 3.62. The highest BCUT2D eigenvalue weighted by Crippen LogP contribution is 2.28. The fourth-order valence-corrected chi connectivity index (χ4v) is 3.37. The Morgan fingerprint density at radius 3 is 2.84 bits per heavy atom. The van der Waals surface area contributed by atoms with Crippen LogP contribution in [0.15, 0.2) is 59.2 Å². The Morgan fingerprint density at radius 1 is 1.24 bits per heavy atom. The topological polar surface area (TPSA) is 71.7 Å². The van der Waals surface area contributed by atoms with E-state index in [0.29, 0.717) is 30.2 Å². The summed E-state index contributed by atoms with van der Waals surface area (Å²) in [5.74, 6) is 0.885. The molecule has 25 heavy (non-hydrogen) atoms. The van der Waals surface area contributed by atoms with Crippen LogP contribution in [0.25, 0.3) is 0 Å². The van der Waals surface area contributed by atoms with E-state index >= 15 is 0 Å². The lowest BCUT2D eigenvalue weighted by Crippen LogP contribution is -2.23. The quantitative estimate of drug-likeness (QED) is 0.675. The molecule has 130 valence electrons. The minimum Gasteiger partial charge on any atom is -0.493 e. The van der Waals surface area contributed by atoms with Crippen LogP contribution in [0.5, 0.6) is 5.75 Å². The van der Waals surface area contributed by atoms with Crippen molar-refractivity contribution in [2.45, 2.75) is 19.6 Å². The summed E-state index contributed by atoms with van der Waals surface area (Å²) in [6.07, 6.45) is 0.742. The summed E-state index contributed by atoms with van der Waals surface area (Å²) in [6, 6.07) is 14.4. The van der Waals surface area contributed by atoms with Gasteiger partial charge < -0.3 is 19.6 Å². The third-order valence-corrected chi connectivity index (χ3v) is 4.76. The monoisotopic (exact) mass is 357 g/mol. The lowest BCUT2D eigenvalue weighted by Gasteiger charge is -2.10. The molecule has 1 unspecified atom stereocenters. The largest absolute Gasteiger partial charge is 0.493 e. The molecule has 2 heterocycles. The van der Waals surface area contributed by atoms with Gasteiger partial charge in [0.1, 0.15) is 17.6 Å². The first kappa shape index (κ1) is 17.3. The van der Waals surface area contributed by atoms with Crippen molar-refractivity contribution in [3.8, 4) is 5.75 Å². The maximum absolute atomic E-state index is 12.4. The summed E-state index contributed by atoms with van der Waals surface area (Å²) >= 11 is 1.43. The van der Waals surface area contributed by atoms with Gasteiger partial charge in [0.15, 0.2) is 0 Å². The van der Waals surface area contributed by atoms with Crippen molar-refractivity contribution in [1.82, 2.24) is 5.32 Å². The number of benzene rings is 1. The fourth-order valence-electron chi connectivity index (χ4n) is 2.42. The summed E-state index contributed by atoms with van der Waals surface area (Å²) in [6.45, 7) is 2.77. The average molecular weight is 357 g/mol. The average Bonchev–Trinajstić information content (AvgIpc) is 3.32. The number of para-hydroxylation sites is 1. The summed E-state index contributed by atoms with van der Waals surface area (Å²) < 4.78 is 10.7. The number of carbonyl (C=O) groups is 1. The van der Waals surface area contributed by atoms with Crippen molar-refractivity contribution in [2.75, 3.05) is 6.61 Å². The van der Waals surface area contributed by atoms with Gasteiger partial charge in [0.05, 0.1) is 25.0 Å². The Hall–Kier alpha value is -2.57. The molecule has 1 aromatic carbocycles. The first-order valence-corrected chi connectivity index (χ1v) is 8.80. The van der Waals surface area contributed by atoms with E-state index in [1.165, 1.54) is 17.6 Å². The lowest BCUT2D eigenvalue weighted by atomic mass is 10.2. The smallest absolute Gasteiger partial charge is 0.255 e. The second kappa shape index (κ2) is 8.00. The Labute approximate surface area is 149 Å². The molecule has 0 spiro atoms. The van der Waals surface area contributed by atoms with E-state index in [0.717, 1.165) is 9.75 Å². The SMILES string of the molecule is CCOc1ccccc1C(=O)NCc1ccc(C(O)c2ccco2)s1. The summed E-state index contributed by atoms with van der Waals surface area (Å²) in [5.41, 5.74) is 0.511. The number of aliphatic hydroxyl groups excluding tert-OH is 1. The van der Waals surface area contributed by atoms with Gasteiger partial charge in [-0.3, -0.25) is 4.79 Å². The number of aliphatic hydroxyl groups is 1. The first-order chi connectivity index (χ1) is 12.2. The molecule has 5 nitrogen and oxygen atoms in total. The van der Waals surface area contributed by atoms with Gasteiger partial charge in [-0.1, -0.05) is 12.1 Å². The maximum atomic E-state index is 12.4. The van der Waals surface area contributed by atoms with E-state index in [1.54, 1.807) is 30.3 Å². The van der Waals surface area contributed by atoms with Gasteiger partial charge in [0, 0.05) is 9.75 Å². The van der Waals surface area contributed by atoms with Crippen LogP contribution < -0.4 is 10.1 Å². The number of nitrogens with one attached hydrogen (secondary N) is 1. The normalized spacial score (nSPS) is 11.9. The molecule has 2 N–H and O–H groups in total. The Bertz CT molecular complexity index is 826. The van der Waals surface area contributed by atoms with Gasteiger partial charge in [-0.25, -0.2) is 0 Å². The number of thiophene rings is 1. The predicted molar refractivity (Wildman–Crippen MR) is 95.9 cm³/mol. The van der Waals surface area contributed by atoms with Crippen molar-refractivity contribution in [2.24, 2.45) is 0 Å². The van der Waals surface area contributed by atoms with Crippen molar-refractivity contribution < 1.29 is 19.1 Å². The number of amides is 1. The zero-order valence-electron chi connectivity index (χ0n) is 13.8. The Morgan fingerprint density at radius 2 is 2.08 bits per heavy atom. The Balaban J connectivity index is 1.63. The van der Waals surface area contributed by atoms with Gasteiger partial charge in [0.2, 0.25) is 0 Å². The van der Waals surface area contributed by atoms with Gasteiger partial charge in [0.25, 0.3) is 5.91 Å². The van der Waals surface area contributed by atoms with Gasteiger partial charge in [-0.05, 0) is 43.3 Å². The first-order valence-electron chi connectivity index (χ1n) is 7.99. The van der Waals surface area contributed by atoms with Crippen molar-refractivity contribution in [3.63, 3.8) is 0 Å². The molecule has 2 aromatic heterocycles. The summed E-state index contributed by atoms with van der Waals surface area (Å²) in [7, 11) is 0. The molecule has 0 aliphatic rings. The molecule has 1 atom stereocenters. The number of rotatable bonds is 7. The Kier molecular flexibility index (Phi) is 5.53. The van der Waals surface area contributed by atoms with Crippen LogP contribution in [-0.2, 0) is 6.54 Å². The highest BCUT2D eigenvalue weighted by molar-refractivity contribution is 7.12. The number of carbonyl (C=O) groups excluding carboxylic acids is 1. The summed E-state index contributed by atoms with van der Waals surface area (Å²) in [5, 5.41) is 13.1. The molecule has 3 aromatic rings. The second-order valence-electron chi connectivity index (χ2n) is 5.33. The lowest BCUT2D eigenvalue weighted by molar-refractivity contribution is 0.0947. The van der Waals surface area contributed by atoms with Crippen molar-refractivity contribution in [3.05, 3.63) is 75.9 Å². The molecule has 0 saturated heterocycles. The molecule has 0 bridgehead atoms. The number of hydrogen-bond acceptors (Lipinski definition) is 5. The minimum absolute atomic E-state index is 0.189. The maximum Gasteiger partial charge on any atom is 0.255 e. The van der Waals surface area contributed by atoms with Gasteiger partial charge in [-0.15, -0.1) is 11.3 Å². The predicted octanol–water partition coefficient (Wildman–Crippen LogP) is 3.75. The molecule has 0 fully saturated rings. The molecule has 3 rings (SSSR count). The van der Waals surface area contributed by atoms with Crippen molar-refractivity contribution in [1.29, 1.82) is 0 Å². The van der Waals surface area contributed by atoms with E-state index in [2.05, 4.69) is 5.32 Å². The van der Waals surface area contributed by atoms with Crippen LogP contribution in [0.4, 0.5) is 0 Å². The van der Waals surface area contributed by atoms with Crippen LogP contribution in [0.1, 0.15) is 38.9 Å². The number of ether oxygens (including phenoxy) is 1. The zero-order valence-corrected chi connectivity index (χ0v) is 14.6. The van der Waals surface area contributed by atoms with Crippen molar-refractivity contribution >= 4 is 17.2 Å². The molecular weight excluding hydrogens is 338 g/mol. The second-order valence-corrected chi connectivity index (χ2v) is 6.53. The van der Waals surface area contributed by atoms with Crippen LogP contribution in [0.2, 0.25) is 0 Å². The fraction of sp³-hybridized carbons (Fsp3) is 0.211. The van der Waals surface area contributed by atoms with E-state index < -0.39 is 6.10 Å². The third kappa shape index (κ3) is 4.10. The van der Waals surface area contributed by atoms with Crippen LogP contribution >= 0.6 is 11.3 Å². The van der Waals surface area contributed by atoms with E-state index in [1.807, 2.05) is 25.1 Å². The van der Waals surface area contributed by atoms with Crippen LogP contribution in [0, 0.1) is 0 Å². The zero-order chi connectivity index (χ0) is 17.6. The summed E-state index contributed by atoms with van der Waals surface area (Å²) in [4.78, 5) is 14.1. The van der Waals surface area contributed by atoms with Gasteiger partial charge in [-0.2, -0.15) is 0 Å². The molecule has 0 saturated carbocycles. The highest BCUT2D eigenvalue weighted by Gasteiger charge is 2.16. The van der Waals surface area contributed by atoms with E-state index in [9.17, 15) is 9.90 Å².